The molecule has 0 heterocycles. The van der Waals surface area contributed by atoms with Crippen molar-refractivity contribution in [3.63, 3.8) is 0 Å². The second kappa shape index (κ2) is 3.97. The summed E-state index contributed by atoms with van der Waals surface area (Å²) in [6.45, 7) is 5.81. The van der Waals surface area contributed by atoms with Crippen LogP contribution in [0.3, 0.4) is 0 Å². The van der Waals surface area contributed by atoms with Gasteiger partial charge in [-0.3, -0.25) is 0 Å². The zero-order valence-electron chi connectivity index (χ0n) is 7.19. The zero-order chi connectivity index (χ0) is 7.40. The van der Waals surface area contributed by atoms with E-state index in [4.69, 9.17) is 0 Å². The fraction of sp³-hybridized carbons (Fsp3) is 1.00. The largest absolute Gasteiger partial charge is 0.314 e. The second-order valence-electron chi connectivity index (χ2n) is 3.37. The molecule has 0 amide bonds. The molecule has 0 aromatic carbocycles. The van der Waals surface area contributed by atoms with E-state index in [2.05, 4.69) is 19.2 Å². The van der Waals surface area contributed by atoms with Crippen LogP contribution in [0.4, 0.5) is 0 Å². The van der Waals surface area contributed by atoms with Crippen LogP contribution >= 0.6 is 0 Å². The van der Waals surface area contributed by atoms with Crippen LogP contribution in [0, 0.1) is 5.92 Å². The molecule has 0 bridgehead atoms. The van der Waals surface area contributed by atoms with Gasteiger partial charge in [0.25, 0.3) is 0 Å². The summed E-state index contributed by atoms with van der Waals surface area (Å²) in [7, 11) is 0. The predicted molar refractivity (Wildman–Crippen MR) is 45.1 cm³/mol. The Morgan fingerprint density at radius 3 is 2.30 bits per heavy atom. The summed E-state index contributed by atoms with van der Waals surface area (Å²) in [4.78, 5) is 0. The molecular formula is C9H19N. The Hall–Kier alpha value is -0.0400. The molecule has 1 fully saturated rings. The fourth-order valence-electron chi connectivity index (χ4n) is 1.20. The molecule has 1 rings (SSSR count). The minimum absolute atomic E-state index is 0.889. The first-order valence-corrected chi connectivity index (χ1v) is 4.60. The van der Waals surface area contributed by atoms with Crippen molar-refractivity contribution in [2.75, 3.05) is 6.54 Å². The average molecular weight is 141 g/mol. The Labute approximate surface area is 64.2 Å². The van der Waals surface area contributed by atoms with E-state index in [0.29, 0.717) is 0 Å². The van der Waals surface area contributed by atoms with Crippen molar-refractivity contribution in [3.8, 4) is 0 Å². The maximum atomic E-state index is 3.56. The van der Waals surface area contributed by atoms with Gasteiger partial charge in [-0.2, -0.15) is 0 Å². The Morgan fingerprint density at radius 1 is 1.30 bits per heavy atom. The lowest BCUT2D eigenvalue weighted by molar-refractivity contribution is 0.448. The van der Waals surface area contributed by atoms with Crippen molar-refractivity contribution in [2.24, 2.45) is 5.92 Å². The van der Waals surface area contributed by atoms with Crippen molar-refractivity contribution in [1.29, 1.82) is 0 Å². The summed E-state index contributed by atoms with van der Waals surface area (Å²) in [5, 5.41) is 3.56. The Bertz CT molecular complexity index is 82.7. The third-order valence-corrected chi connectivity index (χ3v) is 2.43. The number of nitrogens with one attached hydrogen (secondary N) is 1. The first-order chi connectivity index (χ1) is 4.86. The Kier molecular flexibility index (Phi) is 3.20. The summed E-state index contributed by atoms with van der Waals surface area (Å²) >= 11 is 0. The molecule has 0 aliphatic heterocycles. The van der Waals surface area contributed by atoms with Crippen LogP contribution in [0.15, 0.2) is 0 Å². The molecule has 0 aromatic rings. The fourth-order valence-corrected chi connectivity index (χ4v) is 1.20. The van der Waals surface area contributed by atoms with Crippen molar-refractivity contribution in [1.82, 2.24) is 5.32 Å². The second-order valence-corrected chi connectivity index (χ2v) is 3.37. The molecule has 0 atom stereocenters. The van der Waals surface area contributed by atoms with E-state index in [1.54, 1.807) is 0 Å². The molecule has 0 radical (unpaired) electrons. The van der Waals surface area contributed by atoms with Crippen molar-refractivity contribution >= 4 is 0 Å². The summed E-state index contributed by atoms with van der Waals surface area (Å²) in [6, 6.07) is 0.889. The molecule has 1 saturated carbocycles. The molecule has 1 aliphatic rings. The summed E-state index contributed by atoms with van der Waals surface area (Å²) in [6.07, 6.45) is 5.49. The molecule has 60 valence electrons. The van der Waals surface area contributed by atoms with E-state index >= 15 is 0 Å². The van der Waals surface area contributed by atoms with Crippen LogP contribution in [0.1, 0.15) is 39.5 Å². The van der Waals surface area contributed by atoms with Gasteiger partial charge in [0.05, 0.1) is 0 Å². The van der Waals surface area contributed by atoms with Crippen molar-refractivity contribution in [3.05, 3.63) is 0 Å². The van der Waals surface area contributed by atoms with Gasteiger partial charge in [-0.05, 0) is 25.3 Å². The van der Waals surface area contributed by atoms with Crippen LogP contribution in [0.2, 0.25) is 0 Å². The van der Waals surface area contributed by atoms with E-state index in [-0.39, 0.29) is 0 Å². The topological polar surface area (TPSA) is 12.0 Å². The predicted octanol–water partition coefficient (Wildman–Crippen LogP) is 2.17. The van der Waals surface area contributed by atoms with Gasteiger partial charge in [-0.1, -0.05) is 26.7 Å². The summed E-state index contributed by atoms with van der Waals surface area (Å²) in [5.41, 5.74) is 0. The molecule has 0 aromatic heterocycles. The highest BCUT2D eigenvalue weighted by Gasteiger charge is 2.20. The zero-order valence-corrected chi connectivity index (χ0v) is 7.19. The van der Waals surface area contributed by atoms with E-state index in [0.717, 1.165) is 12.0 Å². The lowest BCUT2D eigenvalue weighted by atomic mass is 10.0. The van der Waals surface area contributed by atoms with E-state index < -0.39 is 0 Å². The lowest BCUT2D eigenvalue weighted by Gasteiger charge is -2.11. The molecule has 1 nitrogen and oxygen atoms in total. The van der Waals surface area contributed by atoms with Gasteiger partial charge in [0.15, 0.2) is 0 Å². The Balaban J connectivity index is 1.97. The van der Waals surface area contributed by atoms with Crippen LogP contribution in [-0.2, 0) is 0 Å². The summed E-state index contributed by atoms with van der Waals surface area (Å²) < 4.78 is 0. The quantitative estimate of drug-likeness (QED) is 0.618. The van der Waals surface area contributed by atoms with Crippen molar-refractivity contribution in [2.45, 2.75) is 45.6 Å². The van der Waals surface area contributed by atoms with Gasteiger partial charge in [0.1, 0.15) is 0 Å². The van der Waals surface area contributed by atoms with Gasteiger partial charge >= 0.3 is 0 Å². The number of hydrogen-bond donors (Lipinski definition) is 1. The van der Waals surface area contributed by atoms with Gasteiger partial charge in [-0.25, -0.2) is 0 Å². The molecule has 1 aliphatic carbocycles. The van der Waals surface area contributed by atoms with Crippen LogP contribution in [-0.4, -0.2) is 12.6 Å². The highest BCUT2D eigenvalue weighted by Crippen LogP contribution is 2.19. The normalized spacial score (nSPS) is 18.3. The highest BCUT2D eigenvalue weighted by molar-refractivity contribution is 4.81. The highest BCUT2D eigenvalue weighted by atomic mass is 14.9. The molecular weight excluding hydrogens is 122 g/mol. The van der Waals surface area contributed by atoms with Crippen LogP contribution < -0.4 is 5.32 Å². The molecule has 1 heteroatoms. The lowest BCUT2D eigenvalue weighted by Crippen LogP contribution is -2.23. The maximum absolute atomic E-state index is 3.56. The van der Waals surface area contributed by atoms with Crippen LogP contribution in [0.25, 0.3) is 0 Å². The monoisotopic (exact) mass is 141 g/mol. The number of hydrogen-bond acceptors (Lipinski definition) is 1. The molecule has 10 heavy (non-hydrogen) atoms. The molecule has 0 saturated heterocycles. The minimum Gasteiger partial charge on any atom is -0.314 e. The first-order valence-electron chi connectivity index (χ1n) is 4.60. The maximum Gasteiger partial charge on any atom is 0.00683 e. The molecule has 1 N–H and O–H groups in total. The van der Waals surface area contributed by atoms with Gasteiger partial charge in [0, 0.05) is 6.04 Å². The third kappa shape index (κ3) is 2.70. The first kappa shape index (κ1) is 8.06. The average Bonchev–Trinajstić information content (AvgIpc) is 2.74. The third-order valence-electron chi connectivity index (χ3n) is 2.43. The summed E-state index contributed by atoms with van der Waals surface area (Å²) in [5.74, 6) is 0.917. The Morgan fingerprint density at radius 2 is 1.90 bits per heavy atom. The molecule has 0 spiro atoms. The number of rotatable bonds is 5. The van der Waals surface area contributed by atoms with E-state index in [1.165, 1.54) is 32.2 Å². The van der Waals surface area contributed by atoms with Gasteiger partial charge in [-0.15, -0.1) is 0 Å². The standard InChI is InChI=1S/C9H19N/c1-3-8(4-2)7-10-9-5-6-9/h8-10H,3-7H2,1-2H3. The van der Waals surface area contributed by atoms with Gasteiger partial charge in [0.2, 0.25) is 0 Å². The smallest absolute Gasteiger partial charge is 0.00683 e. The van der Waals surface area contributed by atoms with Crippen LogP contribution in [0.5, 0.6) is 0 Å². The minimum atomic E-state index is 0.889. The SMILES string of the molecule is CCC(CC)CNC1CC1. The molecule has 0 unspecified atom stereocenters. The van der Waals surface area contributed by atoms with E-state index in [1.807, 2.05) is 0 Å². The van der Waals surface area contributed by atoms with Crippen molar-refractivity contribution < 1.29 is 0 Å². The van der Waals surface area contributed by atoms with Gasteiger partial charge < -0.3 is 5.32 Å². The van der Waals surface area contributed by atoms with E-state index in [9.17, 15) is 0 Å².